The zero-order valence-electron chi connectivity index (χ0n) is 20.4. The second-order valence-corrected chi connectivity index (χ2v) is 17.8. The quantitative estimate of drug-likeness (QED) is 0.284. The van der Waals surface area contributed by atoms with E-state index in [0.717, 1.165) is 41.3 Å². The predicted molar refractivity (Wildman–Crippen MR) is 139 cm³/mol. The summed E-state index contributed by atoms with van der Waals surface area (Å²) in [4.78, 5) is 8.17. The van der Waals surface area contributed by atoms with E-state index in [1.165, 1.54) is 63.5 Å². The van der Waals surface area contributed by atoms with Gasteiger partial charge in [0.15, 0.2) is 0 Å². The van der Waals surface area contributed by atoms with Gasteiger partial charge in [0, 0.05) is 18.6 Å². The van der Waals surface area contributed by atoms with Crippen LogP contribution in [0.2, 0.25) is 18.6 Å². The average Bonchev–Trinajstić information content (AvgIpc) is 3.29. The molecule has 3 saturated carbocycles. The van der Waals surface area contributed by atoms with Crippen LogP contribution in [-0.2, 0) is 23.6 Å². The van der Waals surface area contributed by atoms with Crippen molar-refractivity contribution in [1.29, 1.82) is 0 Å². The van der Waals surface area contributed by atoms with Crippen molar-refractivity contribution >= 4 is 26.8 Å². The summed E-state index contributed by atoms with van der Waals surface area (Å²) in [6, 6.07) is 13.0. The van der Waals surface area contributed by atoms with Crippen molar-refractivity contribution in [1.82, 2.24) is 4.90 Å². The molecule has 180 valence electrons. The van der Waals surface area contributed by atoms with Crippen LogP contribution in [0.25, 0.3) is 4.98 Å². The van der Waals surface area contributed by atoms with Crippen molar-refractivity contribution in [2.75, 3.05) is 7.05 Å². The number of hydrogen-bond donors (Lipinski definition) is 0. The molecule has 6 heteroatoms. The van der Waals surface area contributed by atoms with Crippen LogP contribution < -0.4 is 0 Å². The molecule has 0 radical (unpaired) electrons. The Hall–Kier alpha value is 0.651. The van der Waals surface area contributed by atoms with Crippen LogP contribution in [0.5, 0.6) is 0 Å². The third-order valence-electron chi connectivity index (χ3n) is 9.28. The molecule has 0 amide bonds. The van der Waals surface area contributed by atoms with Crippen LogP contribution in [0.4, 0.5) is 0 Å². The Morgan fingerprint density at radius 3 is 2.12 bits per heavy atom. The third kappa shape index (κ3) is 5.25. The molecule has 1 aliphatic heterocycles. The molecule has 0 aromatic heterocycles. The van der Waals surface area contributed by atoms with Crippen LogP contribution in [0.3, 0.4) is 0 Å². The van der Waals surface area contributed by atoms with E-state index < -0.39 is 25.3 Å². The molecule has 1 heterocycles. The minimum atomic E-state index is -1.58. The van der Waals surface area contributed by atoms with Crippen molar-refractivity contribution in [3.05, 3.63) is 48.3 Å². The molecule has 0 bridgehead atoms. The van der Waals surface area contributed by atoms with Gasteiger partial charge in [0.05, 0.1) is 0 Å². The van der Waals surface area contributed by atoms with Gasteiger partial charge in [-0.05, 0) is 54.0 Å². The van der Waals surface area contributed by atoms with Gasteiger partial charge in [0.1, 0.15) is 0 Å². The number of halogens is 2. The molecule has 2 nitrogen and oxygen atoms in total. The van der Waals surface area contributed by atoms with Crippen molar-refractivity contribution in [3.8, 4) is 0 Å². The number of nitrogens with zero attached hydrogens (tertiary/aromatic N) is 2. The number of fused-ring (bicyclic) bond motifs is 5. The summed E-state index contributed by atoms with van der Waals surface area (Å²) < 4.78 is 0. The van der Waals surface area contributed by atoms with Crippen LogP contribution in [-0.4, -0.2) is 32.3 Å². The third-order valence-corrected chi connectivity index (χ3v) is 12.8. The molecule has 1 saturated heterocycles. The Morgan fingerprint density at radius 1 is 0.938 bits per heavy atom. The van der Waals surface area contributed by atoms with Crippen molar-refractivity contribution in [3.63, 3.8) is 0 Å². The summed E-state index contributed by atoms with van der Waals surface area (Å²) in [6.07, 6.45) is 11.8. The first-order chi connectivity index (χ1) is 15.0. The van der Waals surface area contributed by atoms with Gasteiger partial charge in [-0.1, -0.05) is 83.8 Å². The van der Waals surface area contributed by atoms with E-state index >= 15 is 0 Å². The van der Waals surface area contributed by atoms with Crippen LogP contribution in [0.15, 0.2) is 30.3 Å². The van der Waals surface area contributed by atoms with E-state index in [1.807, 2.05) is 0 Å². The summed E-state index contributed by atoms with van der Waals surface area (Å²) >= 11 is -0.556. The topological polar surface area (TPSA) is 17.3 Å². The average molecular weight is 529 g/mol. The Morgan fingerprint density at radius 2 is 1.50 bits per heavy atom. The van der Waals surface area contributed by atoms with Crippen molar-refractivity contribution in [2.45, 2.75) is 88.6 Å². The summed E-state index contributed by atoms with van der Waals surface area (Å²) in [6.45, 7) is 6.33. The first-order valence-corrected chi connectivity index (χ1v) is 19.7. The van der Waals surface area contributed by atoms with E-state index in [9.17, 15) is 0 Å². The molecule has 32 heavy (non-hydrogen) atoms. The normalized spacial score (nSPS) is 36.1. The van der Waals surface area contributed by atoms with E-state index in [0.29, 0.717) is 0 Å². The van der Waals surface area contributed by atoms with Crippen molar-refractivity contribution in [2.24, 2.45) is 23.7 Å². The van der Waals surface area contributed by atoms with Crippen LogP contribution in [0, 0.1) is 31.1 Å². The maximum atomic E-state index is 5.12. The van der Waals surface area contributed by atoms with Gasteiger partial charge in [-0.2, -0.15) is 7.05 Å². The fraction of sp³-hybridized carbons (Fsp3) is 0.731. The zero-order chi connectivity index (χ0) is 22.0. The molecule has 5 rings (SSSR count). The minimum absolute atomic E-state index is 0. The van der Waals surface area contributed by atoms with Gasteiger partial charge in [0.2, 0.25) is 0 Å². The molecule has 4 fully saturated rings. The number of hydrogen-bond acceptors (Lipinski definition) is 1. The molecule has 7 unspecified atom stereocenters. The Bertz CT molecular complexity index is 706. The Labute approximate surface area is 215 Å². The molecule has 3 aliphatic carbocycles. The summed E-state index contributed by atoms with van der Waals surface area (Å²) in [5.74, 6) is 3.91. The fourth-order valence-corrected chi connectivity index (χ4v) is 11.2. The Kier molecular flexibility index (Phi) is 10.3. The summed E-state index contributed by atoms with van der Waals surface area (Å²) in [7, 11) is 10.3. The molecular formula is C26H42Cl2N2SiTi-2. The van der Waals surface area contributed by atoms with Gasteiger partial charge in [0.25, 0.3) is 0 Å². The molecule has 0 spiro atoms. The SMILES string of the molecule is C[N-][Si](C)(C)C1C2CCCCC2C2C3CCCCC3N(Cc3ccccc3)C21.[CH3-].[Cl][Ti][Cl]. The molecular weight excluding hydrogens is 487 g/mol. The van der Waals surface area contributed by atoms with Gasteiger partial charge in [-0.25, -0.2) is 0 Å². The molecule has 4 aliphatic rings. The maximum absolute atomic E-state index is 5.12. The number of rotatable bonds is 4. The van der Waals surface area contributed by atoms with Crippen LogP contribution in [0.1, 0.15) is 56.9 Å². The van der Waals surface area contributed by atoms with Gasteiger partial charge < -0.3 is 12.4 Å². The number of likely N-dealkylation sites (tertiary alicyclic amines) is 1. The predicted octanol–water partition coefficient (Wildman–Crippen LogP) is 8.27. The standard InChI is InChI=1S/C25H39N2Si.CH3.2ClH.Ti/c1-26-28(2,3)25-20-14-8-7-13-19(20)23-21-15-9-10-16-22(21)27(24(23)25)17-18-11-5-4-6-12-18;;;;/h4-6,11-12,19-25H,7-10,13-17H2,1-3H3;1H3;2*1H;/q2*-1;;;+2/p-2. The second-order valence-electron chi connectivity index (χ2n) is 10.8. The first-order valence-electron chi connectivity index (χ1n) is 12.4. The second kappa shape index (κ2) is 12.1. The molecule has 0 N–H and O–H groups in total. The summed E-state index contributed by atoms with van der Waals surface area (Å²) in [5, 5.41) is 0. The first kappa shape index (κ1) is 27.2. The van der Waals surface area contributed by atoms with E-state index in [2.05, 4.69) is 55.4 Å². The van der Waals surface area contributed by atoms with E-state index in [4.69, 9.17) is 23.6 Å². The van der Waals surface area contributed by atoms with Crippen LogP contribution >= 0.6 is 18.6 Å². The van der Waals surface area contributed by atoms with E-state index in [-0.39, 0.29) is 7.43 Å². The van der Waals surface area contributed by atoms with Crippen molar-refractivity contribution < 1.29 is 17.0 Å². The van der Waals surface area contributed by atoms with Gasteiger partial charge >= 0.3 is 35.6 Å². The number of benzene rings is 1. The molecule has 1 aromatic carbocycles. The fourth-order valence-electron chi connectivity index (χ4n) is 8.19. The zero-order valence-corrected chi connectivity index (χ0v) is 24.5. The summed E-state index contributed by atoms with van der Waals surface area (Å²) in [5.41, 5.74) is 2.40. The molecule has 1 aromatic rings. The Balaban J connectivity index is 0.000000686. The van der Waals surface area contributed by atoms with Gasteiger partial charge in [-0.3, -0.25) is 4.90 Å². The van der Waals surface area contributed by atoms with Gasteiger partial charge in [-0.15, -0.1) is 0 Å². The monoisotopic (exact) mass is 528 g/mol. The van der Waals surface area contributed by atoms with E-state index in [1.54, 1.807) is 0 Å². The molecule has 7 atom stereocenters.